The van der Waals surface area contributed by atoms with Gasteiger partial charge in [0.25, 0.3) is 0 Å². The molecule has 0 saturated carbocycles. The molecule has 2 heterocycles. The number of benzene rings is 3. The highest BCUT2D eigenvalue weighted by Gasteiger charge is 2.38. The summed E-state index contributed by atoms with van der Waals surface area (Å²) in [4.78, 5) is 4.54. The first-order valence-corrected chi connectivity index (χ1v) is 12.4. The summed E-state index contributed by atoms with van der Waals surface area (Å²) in [5.74, 6) is -0.866. The minimum absolute atomic E-state index is 0.0331. The third kappa shape index (κ3) is 4.36. The van der Waals surface area contributed by atoms with Crippen molar-refractivity contribution in [1.82, 2.24) is 9.62 Å². The molecule has 3 N–H and O–H groups in total. The zero-order valence-electron chi connectivity index (χ0n) is 18.5. The molecule has 1 unspecified atom stereocenters. The average molecular weight is 493 g/mol. The summed E-state index contributed by atoms with van der Waals surface area (Å²) in [6, 6.07) is 19.6. The van der Waals surface area contributed by atoms with Gasteiger partial charge in [-0.05, 0) is 41.5 Å². The maximum atomic E-state index is 14.8. The zero-order chi connectivity index (χ0) is 24.6. The number of rotatable bonds is 4. The topological polar surface area (TPSA) is 87.8 Å². The van der Waals surface area contributed by atoms with E-state index < -0.39 is 27.7 Å². The Kier molecular flexibility index (Phi) is 5.96. The first-order valence-electron chi connectivity index (χ1n) is 10.9. The molecule has 0 saturated heterocycles. The van der Waals surface area contributed by atoms with Crippen LogP contribution in [0.4, 0.5) is 8.78 Å². The van der Waals surface area contributed by atoms with Gasteiger partial charge in [-0.3, -0.25) is 0 Å². The molecule has 178 valence electrons. The van der Waals surface area contributed by atoms with E-state index in [-0.39, 0.29) is 29.5 Å². The lowest BCUT2D eigenvalue weighted by atomic mass is 9.90. The van der Waals surface area contributed by atoms with Gasteiger partial charge in [0.05, 0.1) is 4.90 Å². The molecule has 2 aliphatic heterocycles. The van der Waals surface area contributed by atoms with E-state index in [9.17, 15) is 17.2 Å². The number of halogens is 2. The molecule has 0 bridgehead atoms. The van der Waals surface area contributed by atoms with Crippen LogP contribution in [0, 0.1) is 11.6 Å². The highest BCUT2D eigenvalue weighted by molar-refractivity contribution is 7.89. The number of sulfonamides is 1. The largest absolute Gasteiger partial charge is 0.370 e. The van der Waals surface area contributed by atoms with Crippen LogP contribution in [0.25, 0.3) is 6.08 Å². The van der Waals surface area contributed by atoms with Crippen LogP contribution < -0.4 is 11.1 Å². The maximum Gasteiger partial charge on any atom is 0.243 e. The van der Waals surface area contributed by atoms with Crippen LogP contribution in [0.3, 0.4) is 0 Å². The van der Waals surface area contributed by atoms with Crippen molar-refractivity contribution in [2.75, 3.05) is 13.1 Å². The molecule has 2 aliphatic rings. The number of guanidine groups is 1. The molecule has 3 aromatic rings. The predicted octanol–water partition coefficient (Wildman–Crippen LogP) is 3.97. The standard InChI is InChI=1S/C26H22F2N4O2S/c27-22-12-6-4-8-17(22)14-18-15-32(35(33,34)19-9-2-1-3-10-19)16-21-24(18)30-26(29)31-25(21)20-11-5-7-13-23(20)28/h1-14,25H,15-16H2,(H3,29,30,31)/b18-14+. The van der Waals surface area contributed by atoms with E-state index in [2.05, 4.69) is 10.3 Å². The molecule has 0 spiro atoms. The van der Waals surface area contributed by atoms with E-state index in [1.807, 2.05) is 0 Å². The molecule has 1 atom stereocenters. The van der Waals surface area contributed by atoms with E-state index in [4.69, 9.17) is 5.73 Å². The van der Waals surface area contributed by atoms with Crippen LogP contribution in [0.15, 0.2) is 106 Å². The minimum atomic E-state index is -3.91. The van der Waals surface area contributed by atoms with Gasteiger partial charge in [0.2, 0.25) is 10.0 Å². The van der Waals surface area contributed by atoms with Crippen molar-refractivity contribution in [3.05, 3.63) is 118 Å². The first-order chi connectivity index (χ1) is 16.8. The molecule has 0 aliphatic carbocycles. The van der Waals surface area contributed by atoms with Crippen molar-refractivity contribution in [2.45, 2.75) is 10.9 Å². The van der Waals surface area contributed by atoms with E-state index >= 15 is 0 Å². The van der Waals surface area contributed by atoms with Crippen molar-refractivity contribution < 1.29 is 17.2 Å². The molecule has 0 radical (unpaired) electrons. The van der Waals surface area contributed by atoms with Gasteiger partial charge in [-0.2, -0.15) is 4.31 Å². The third-order valence-electron chi connectivity index (χ3n) is 6.00. The molecule has 5 rings (SSSR count). The van der Waals surface area contributed by atoms with Crippen LogP contribution in [0.2, 0.25) is 0 Å². The summed E-state index contributed by atoms with van der Waals surface area (Å²) < 4.78 is 57.7. The summed E-state index contributed by atoms with van der Waals surface area (Å²) in [5.41, 5.74) is 8.17. The van der Waals surface area contributed by atoms with Gasteiger partial charge in [0.15, 0.2) is 5.96 Å². The highest BCUT2D eigenvalue weighted by Crippen LogP contribution is 2.39. The fraction of sp³-hybridized carbons (Fsp3) is 0.115. The second kappa shape index (κ2) is 9.09. The summed E-state index contributed by atoms with van der Waals surface area (Å²) in [6.07, 6.45) is 1.58. The number of nitrogens with two attached hydrogens (primary N) is 1. The Labute approximate surface area is 202 Å². The normalized spacial score (nSPS) is 19.8. The lowest BCUT2D eigenvalue weighted by Gasteiger charge is -2.37. The lowest BCUT2D eigenvalue weighted by Crippen LogP contribution is -2.46. The monoisotopic (exact) mass is 492 g/mol. The quantitative estimate of drug-likeness (QED) is 0.577. The molecule has 35 heavy (non-hydrogen) atoms. The van der Waals surface area contributed by atoms with Crippen molar-refractivity contribution in [3.8, 4) is 0 Å². The second-order valence-corrected chi connectivity index (χ2v) is 10.2. The third-order valence-corrected chi connectivity index (χ3v) is 7.81. The molecule has 3 aromatic carbocycles. The number of hydrogen-bond donors (Lipinski definition) is 2. The fourth-order valence-electron chi connectivity index (χ4n) is 4.32. The summed E-state index contributed by atoms with van der Waals surface area (Å²) in [6.45, 7) is -0.0708. The number of nitrogens with one attached hydrogen (secondary N) is 1. The summed E-state index contributed by atoms with van der Waals surface area (Å²) >= 11 is 0. The second-order valence-electron chi connectivity index (χ2n) is 8.24. The maximum absolute atomic E-state index is 14.8. The molecular formula is C26H22F2N4O2S. The highest BCUT2D eigenvalue weighted by atomic mass is 32.2. The fourth-order valence-corrected chi connectivity index (χ4v) is 5.74. The number of aliphatic imine (C=N–C) groups is 1. The molecule has 0 aromatic heterocycles. The first kappa shape index (κ1) is 22.9. The van der Waals surface area contributed by atoms with Crippen LogP contribution in [0.5, 0.6) is 0 Å². The molecule has 6 nitrogen and oxygen atoms in total. The average Bonchev–Trinajstić information content (AvgIpc) is 2.86. The Bertz CT molecular complexity index is 1480. The summed E-state index contributed by atoms with van der Waals surface area (Å²) in [5, 5.41) is 3.01. The molecule has 0 amide bonds. The van der Waals surface area contributed by atoms with Crippen LogP contribution in [0.1, 0.15) is 17.2 Å². The SMILES string of the molecule is NC1=NC(c2ccccc2F)C2=C(N1)/C(=C/c1ccccc1F)CN(S(=O)(=O)c1ccccc1)C2. The van der Waals surface area contributed by atoms with E-state index in [0.717, 1.165) is 0 Å². The van der Waals surface area contributed by atoms with Crippen LogP contribution >= 0.6 is 0 Å². The Morgan fingerprint density at radius 2 is 1.57 bits per heavy atom. The van der Waals surface area contributed by atoms with Crippen LogP contribution in [-0.2, 0) is 10.0 Å². The Morgan fingerprint density at radius 3 is 2.29 bits per heavy atom. The lowest BCUT2D eigenvalue weighted by molar-refractivity contribution is 0.434. The van der Waals surface area contributed by atoms with Crippen molar-refractivity contribution in [3.63, 3.8) is 0 Å². The van der Waals surface area contributed by atoms with Crippen molar-refractivity contribution >= 4 is 22.1 Å². The van der Waals surface area contributed by atoms with Gasteiger partial charge >= 0.3 is 0 Å². The van der Waals surface area contributed by atoms with E-state index in [1.54, 1.807) is 60.7 Å². The number of hydrogen-bond acceptors (Lipinski definition) is 5. The molecular weight excluding hydrogens is 470 g/mol. The zero-order valence-corrected chi connectivity index (χ0v) is 19.3. The van der Waals surface area contributed by atoms with Crippen molar-refractivity contribution in [1.29, 1.82) is 0 Å². The van der Waals surface area contributed by atoms with Gasteiger partial charge in [0.1, 0.15) is 17.7 Å². The minimum Gasteiger partial charge on any atom is -0.370 e. The van der Waals surface area contributed by atoms with Gasteiger partial charge in [-0.25, -0.2) is 22.2 Å². The van der Waals surface area contributed by atoms with Gasteiger partial charge in [-0.15, -0.1) is 0 Å². The van der Waals surface area contributed by atoms with Gasteiger partial charge in [-0.1, -0.05) is 54.6 Å². The Hall–Kier alpha value is -3.82. The predicted molar refractivity (Wildman–Crippen MR) is 131 cm³/mol. The Balaban J connectivity index is 1.68. The van der Waals surface area contributed by atoms with E-state index in [1.165, 1.54) is 28.6 Å². The summed E-state index contributed by atoms with van der Waals surface area (Å²) in [7, 11) is -3.91. The van der Waals surface area contributed by atoms with E-state index in [0.29, 0.717) is 22.4 Å². The van der Waals surface area contributed by atoms with Crippen LogP contribution in [-0.4, -0.2) is 31.8 Å². The number of nitrogens with zero attached hydrogens (tertiary/aromatic N) is 2. The van der Waals surface area contributed by atoms with Gasteiger partial charge in [0, 0.05) is 29.9 Å². The van der Waals surface area contributed by atoms with Gasteiger partial charge < -0.3 is 11.1 Å². The molecule has 0 fully saturated rings. The Morgan fingerprint density at radius 1 is 0.914 bits per heavy atom. The smallest absolute Gasteiger partial charge is 0.243 e. The molecule has 9 heteroatoms. The van der Waals surface area contributed by atoms with Crippen molar-refractivity contribution in [2.24, 2.45) is 10.7 Å².